The standard InChI is InChI=1S/C6H14N2.C4H10N2/c1-3-8-5-4-7(2)6-8;1-6-3-2-5-4-6/h3-6H2,1-2H3;5H,2-4H2,1H3. The number of rotatable bonds is 1. The highest BCUT2D eigenvalue weighted by molar-refractivity contribution is 4.65. The fraction of sp³-hybridized carbons (Fsp3) is 1.00. The van der Waals surface area contributed by atoms with Gasteiger partial charge in [0.15, 0.2) is 0 Å². The lowest BCUT2D eigenvalue weighted by Gasteiger charge is -2.10. The van der Waals surface area contributed by atoms with E-state index < -0.39 is 0 Å². The number of nitrogens with one attached hydrogen (secondary N) is 1. The molecule has 2 saturated heterocycles. The van der Waals surface area contributed by atoms with Crippen LogP contribution in [0.25, 0.3) is 0 Å². The van der Waals surface area contributed by atoms with E-state index in [9.17, 15) is 0 Å². The molecule has 2 rings (SSSR count). The van der Waals surface area contributed by atoms with Crippen molar-refractivity contribution in [1.29, 1.82) is 0 Å². The van der Waals surface area contributed by atoms with E-state index in [1.807, 2.05) is 0 Å². The van der Waals surface area contributed by atoms with Crippen molar-refractivity contribution in [2.24, 2.45) is 0 Å². The van der Waals surface area contributed by atoms with Crippen molar-refractivity contribution >= 4 is 0 Å². The lowest BCUT2D eigenvalue weighted by molar-refractivity contribution is 0.286. The second kappa shape index (κ2) is 6.35. The molecule has 84 valence electrons. The number of hydrogen-bond donors (Lipinski definition) is 1. The molecule has 0 aromatic heterocycles. The summed E-state index contributed by atoms with van der Waals surface area (Å²) in [4.78, 5) is 7.02. The fourth-order valence-electron chi connectivity index (χ4n) is 1.67. The third-order valence-electron chi connectivity index (χ3n) is 2.74. The topological polar surface area (TPSA) is 21.8 Å². The van der Waals surface area contributed by atoms with Gasteiger partial charge in [0.1, 0.15) is 0 Å². The SMILES string of the molecule is CCN1CCN(C)C1.CN1CCNC1. The summed E-state index contributed by atoms with van der Waals surface area (Å²) < 4.78 is 0. The van der Waals surface area contributed by atoms with Crippen molar-refractivity contribution in [2.45, 2.75) is 6.92 Å². The zero-order chi connectivity index (χ0) is 10.4. The first-order valence-electron chi connectivity index (χ1n) is 5.52. The Morgan fingerprint density at radius 2 is 1.86 bits per heavy atom. The van der Waals surface area contributed by atoms with Crippen LogP contribution in [0.3, 0.4) is 0 Å². The summed E-state index contributed by atoms with van der Waals surface area (Å²) in [6.07, 6.45) is 0. The number of nitrogens with zero attached hydrogens (tertiary/aromatic N) is 3. The molecule has 0 bridgehead atoms. The number of hydrogen-bond acceptors (Lipinski definition) is 4. The minimum absolute atomic E-state index is 1.07. The summed E-state index contributed by atoms with van der Waals surface area (Å²) >= 11 is 0. The van der Waals surface area contributed by atoms with Gasteiger partial charge in [-0.05, 0) is 20.6 Å². The minimum atomic E-state index is 1.07. The van der Waals surface area contributed by atoms with Gasteiger partial charge < -0.3 is 5.32 Å². The normalized spacial score (nSPS) is 25.1. The van der Waals surface area contributed by atoms with Crippen LogP contribution in [-0.2, 0) is 0 Å². The molecule has 14 heavy (non-hydrogen) atoms. The Labute approximate surface area is 87.8 Å². The zero-order valence-electron chi connectivity index (χ0n) is 9.79. The van der Waals surface area contributed by atoms with Crippen LogP contribution in [0.15, 0.2) is 0 Å². The predicted molar refractivity (Wildman–Crippen MR) is 60.2 cm³/mol. The van der Waals surface area contributed by atoms with E-state index in [0.717, 1.165) is 19.9 Å². The molecule has 2 fully saturated rings. The minimum Gasteiger partial charge on any atom is -0.303 e. The van der Waals surface area contributed by atoms with E-state index >= 15 is 0 Å². The lowest BCUT2D eigenvalue weighted by Crippen LogP contribution is -2.22. The molecule has 1 N–H and O–H groups in total. The maximum Gasteiger partial charge on any atom is 0.0504 e. The van der Waals surface area contributed by atoms with Crippen LogP contribution in [0.2, 0.25) is 0 Å². The van der Waals surface area contributed by atoms with Crippen LogP contribution in [0.1, 0.15) is 6.92 Å². The molecule has 0 amide bonds. The average molecular weight is 200 g/mol. The predicted octanol–water partition coefficient (Wildman–Crippen LogP) is -0.310. The quantitative estimate of drug-likeness (QED) is 0.627. The summed E-state index contributed by atoms with van der Waals surface area (Å²) in [7, 11) is 4.27. The van der Waals surface area contributed by atoms with E-state index in [2.05, 4.69) is 41.0 Å². The molecule has 0 aliphatic carbocycles. The smallest absolute Gasteiger partial charge is 0.0504 e. The monoisotopic (exact) mass is 200 g/mol. The van der Waals surface area contributed by atoms with Crippen molar-refractivity contribution in [1.82, 2.24) is 20.0 Å². The Morgan fingerprint density at radius 1 is 1.07 bits per heavy atom. The largest absolute Gasteiger partial charge is 0.303 e. The third-order valence-corrected chi connectivity index (χ3v) is 2.74. The van der Waals surface area contributed by atoms with Crippen LogP contribution in [0.4, 0.5) is 0 Å². The molecule has 4 heteroatoms. The van der Waals surface area contributed by atoms with Gasteiger partial charge in [-0.1, -0.05) is 6.92 Å². The molecule has 0 saturated carbocycles. The second-order valence-corrected chi connectivity index (χ2v) is 4.17. The van der Waals surface area contributed by atoms with Crippen LogP contribution in [-0.4, -0.2) is 74.9 Å². The first-order valence-corrected chi connectivity index (χ1v) is 5.52. The van der Waals surface area contributed by atoms with Crippen LogP contribution >= 0.6 is 0 Å². The van der Waals surface area contributed by atoms with E-state index in [1.54, 1.807) is 0 Å². The highest BCUT2D eigenvalue weighted by Gasteiger charge is 2.12. The summed E-state index contributed by atoms with van der Waals surface area (Å²) in [6, 6.07) is 0. The van der Waals surface area contributed by atoms with Crippen molar-refractivity contribution in [3.63, 3.8) is 0 Å². The van der Waals surface area contributed by atoms with E-state index in [0.29, 0.717) is 0 Å². The molecule has 4 nitrogen and oxygen atoms in total. The summed E-state index contributed by atoms with van der Waals surface area (Å²) in [5.41, 5.74) is 0. The van der Waals surface area contributed by atoms with Gasteiger partial charge in [-0.2, -0.15) is 0 Å². The Morgan fingerprint density at radius 3 is 2.07 bits per heavy atom. The third kappa shape index (κ3) is 4.37. The van der Waals surface area contributed by atoms with E-state index in [4.69, 9.17) is 0 Å². The van der Waals surface area contributed by atoms with Gasteiger partial charge in [0.25, 0.3) is 0 Å². The average Bonchev–Trinajstić information content (AvgIpc) is 2.77. The van der Waals surface area contributed by atoms with Gasteiger partial charge in [-0.25, -0.2) is 0 Å². The van der Waals surface area contributed by atoms with Gasteiger partial charge >= 0.3 is 0 Å². The van der Waals surface area contributed by atoms with Gasteiger partial charge in [-0.3, -0.25) is 14.7 Å². The van der Waals surface area contributed by atoms with Crippen molar-refractivity contribution in [3.8, 4) is 0 Å². The Balaban J connectivity index is 0.000000146. The van der Waals surface area contributed by atoms with Crippen LogP contribution < -0.4 is 5.32 Å². The second-order valence-electron chi connectivity index (χ2n) is 4.17. The van der Waals surface area contributed by atoms with Gasteiger partial charge in [-0.15, -0.1) is 0 Å². The van der Waals surface area contributed by atoms with Crippen LogP contribution in [0, 0.1) is 0 Å². The van der Waals surface area contributed by atoms with Crippen molar-refractivity contribution in [2.75, 3.05) is 60.2 Å². The molecule has 0 unspecified atom stereocenters. The van der Waals surface area contributed by atoms with Gasteiger partial charge in [0.05, 0.1) is 6.67 Å². The van der Waals surface area contributed by atoms with Crippen molar-refractivity contribution in [3.05, 3.63) is 0 Å². The summed E-state index contributed by atoms with van der Waals surface area (Å²) in [5, 5.41) is 3.20. The summed E-state index contributed by atoms with van der Waals surface area (Å²) in [6.45, 7) is 10.5. The molecule has 2 heterocycles. The Bertz CT molecular complexity index is 145. The molecule has 0 aromatic rings. The fourth-order valence-corrected chi connectivity index (χ4v) is 1.67. The summed E-state index contributed by atoms with van der Waals surface area (Å²) in [5.74, 6) is 0. The Hall–Kier alpha value is -0.160. The molecular weight excluding hydrogens is 176 g/mol. The molecule has 2 aliphatic rings. The van der Waals surface area contributed by atoms with Crippen molar-refractivity contribution < 1.29 is 0 Å². The molecule has 0 spiro atoms. The van der Waals surface area contributed by atoms with E-state index in [-0.39, 0.29) is 0 Å². The molecule has 0 aromatic carbocycles. The molecule has 2 aliphatic heterocycles. The van der Waals surface area contributed by atoms with Gasteiger partial charge in [0, 0.05) is 32.8 Å². The number of likely N-dealkylation sites (N-methyl/N-ethyl adjacent to an activating group) is 3. The van der Waals surface area contributed by atoms with E-state index in [1.165, 1.54) is 26.2 Å². The zero-order valence-corrected chi connectivity index (χ0v) is 9.79. The molecule has 0 atom stereocenters. The Kier molecular flexibility index (Phi) is 5.40. The highest BCUT2D eigenvalue weighted by atomic mass is 15.4. The maximum atomic E-state index is 3.20. The first-order chi connectivity index (χ1) is 6.72. The molecular formula is C10H24N4. The lowest BCUT2D eigenvalue weighted by atomic mass is 10.6. The maximum absolute atomic E-state index is 3.20. The van der Waals surface area contributed by atoms with Crippen LogP contribution in [0.5, 0.6) is 0 Å². The highest BCUT2D eigenvalue weighted by Crippen LogP contribution is 1.98. The first kappa shape index (κ1) is 11.9. The molecule has 0 radical (unpaired) electrons. The van der Waals surface area contributed by atoms with Gasteiger partial charge in [0.2, 0.25) is 0 Å².